The zero-order valence-corrected chi connectivity index (χ0v) is 14.6. The first-order valence-electron chi connectivity index (χ1n) is 8.29. The number of aromatic nitrogens is 3. The second-order valence-electron chi connectivity index (χ2n) is 6.36. The Balaban J connectivity index is 1.68. The molecule has 0 aliphatic heterocycles. The van der Waals surface area contributed by atoms with Crippen LogP contribution < -0.4 is 11.1 Å². The fourth-order valence-electron chi connectivity index (χ4n) is 2.92. The van der Waals surface area contributed by atoms with E-state index in [0.717, 1.165) is 33.6 Å². The van der Waals surface area contributed by atoms with Gasteiger partial charge in [0.2, 0.25) is 5.95 Å². The Bertz CT molecular complexity index is 1080. The van der Waals surface area contributed by atoms with Gasteiger partial charge in [0.15, 0.2) is 5.65 Å². The van der Waals surface area contributed by atoms with Gasteiger partial charge in [-0.15, -0.1) is 5.10 Å². The highest BCUT2D eigenvalue weighted by Crippen LogP contribution is 2.29. The van der Waals surface area contributed by atoms with E-state index >= 15 is 0 Å². The Hall–Kier alpha value is -3.54. The van der Waals surface area contributed by atoms with Gasteiger partial charge in [-0.1, -0.05) is 0 Å². The molecule has 0 saturated carbocycles. The first-order chi connectivity index (χ1) is 12.5. The molecule has 0 unspecified atom stereocenters. The van der Waals surface area contributed by atoms with E-state index in [1.54, 1.807) is 4.52 Å². The summed E-state index contributed by atoms with van der Waals surface area (Å²) < 4.78 is 1.74. The van der Waals surface area contributed by atoms with E-state index in [0.29, 0.717) is 17.4 Å². The molecule has 4 N–H and O–H groups in total. The fraction of sp³-hybridized carbons (Fsp3) is 0.100. The van der Waals surface area contributed by atoms with Crippen molar-refractivity contribution in [1.29, 1.82) is 0 Å². The molecule has 0 spiro atoms. The highest BCUT2D eigenvalue weighted by atomic mass is 16.3. The van der Waals surface area contributed by atoms with Crippen LogP contribution in [0.25, 0.3) is 16.8 Å². The summed E-state index contributed by atoms with van der Waals surface area (Å²) >= 11 is 0. The van der Waals surface area contributed by atoms with E-state index in [2.05, 4.69) is 15.4 Å². The van der Waals surface area contributed by atoms with Crippen molar-refractivity contribution in [3.63, 3.8) is 0 Å². The number of nitrogen functional groups attached to an aromatic ring is 1. The van der Waals surface area contributed by atoms with Crippen LogP contribution in [0.4, 0.5) is 17.3 Å². The van der Waals surface area contributed by atoms with Gasteiger partial charge in [0.1, 0.15) is 5.75 Å². The fourth-order valence-corrected chi connectivity index (χ4v) is 2.92. The summed E-state index contributed by atoms with van der Waals surface area (Å²) in [4.78, 5) is 4.48. The van der Waals surface area contributed by atoms with Crippen LogP contribution in [0.3, 0.4) is 0 Å². The summed E-state index contributed by atoms with van der Waals surface area (Å²) in [5.41, 5.74) is 11.8. The smallest absolute Gasteiger partial charge is 0.247 e. The number of nitrogens with one attached hydrogen (secondary N) is 1. The van der Waals surface area contributed by atoms with Crippen molar-refractivity contribution in [2.45, 2.75) is 13.8 Å². The molecule has 6 nitrogen and oxygen atoms in total. The van der Waals surface area contributed by atoms with Crippen molar-refractivity contribution in [1.82, 2.24) is 14.6 Å². The predicted octanol–water partition coefficient (Wildman–Crippen LogP) is 4.04. The average molecular weight is 345 g/mol. The molecular weight excluding hydrogens is 326 g/mol. The maximum Gasteiger partial charge on any atom is 0.247 e. The maximum absolute atomic E-state index is 9.97. The number of hydrogen-bond donors (Lipinski definition) is 3. The first kappa shape index (κ1) is 16.0. The molecule has 0 amide bonds. The third-order valence-corrected chi connectivity index (χ3v) is 4.32. The standard InChI is InChI=1S/C20H19N5O/c1-12-9-15(10-13(2)19(12)26)14-3-8-18-23-20(24-25(18)11-14)22-17-6-4-16(21)5-7-17/h3-11,26H,21H2,1-2H3,(H,22,24). The van der Waals surface area contributed by atoms with Gasteiger partial charge in [0.25, 0.3) is 0 Å². The zero-order valence-electron chi connectivity index (χ0n) is 14.6. The number of aryl methyl sites for hydroxylation is 2. The minimum Gasteiger partial charge on any atom is -0.507 e. The Morgan fingerprint density at radius 3 is 2.35 bits per heavy atom. The van der Waals surface area contributed by atoms with Gasteiger partial charge in [-0.3, -0.25) is 0 Å². The molecule has 6 heteroatoms. The first-order valence-corrected chi connectivity index (χ1v) is 8.29. The van der Waals surface area contributed by atoms with Crippen LogP contribution in [0.1, 0.15) is 11.1 Å². The number of anilines is 3. The van der Waals surface area contributed by atoms with Gasteiger partial charge < -0.3 is 16.2 Å². The second kappa shape index (κ2) is 6.07. The SMILES string of the molecule is Cc1cc(-c2ccc3nc(Nc4ccc(N)cc4)nn3c2)cc(C)c1O. The third kappa shape index (κ3) is 2.93. The number of pyridine rings is 1. The number of rotatable bonds is 3. The van der Waals surface area contributed by atoms with Crippen LogP contribution >= 0.6 is 0 Å². The minimum absolute atomic E-state index is 0.338. The topological polar surface area (TPSA) is 88.5 Å². The number of phenols is 1. The van der Waals surface area contributed by atoms with Crippen LogP contribution in [0, 0.1) is 13.8 Å². The Morgan fingerprint density at radius 2 is 1.65 bits per heavy atom. The third-order valence-electron chi connectivity index (χ3n) is 4.32. The van der Waals surface area contributed by atoms with Gasteiger partial charge in [0, 0.05) is 23.1 Å². The lowest BCUT2D eigenvalue weighted by Gasteiger charge is -2.08. The molecule has 2 aromatic carbocycles. The number of phenolic OH excluding ortho intramolecular Hbond substituents is 1. The van der Waals surface area contributed by atoms with E-state index in [9.17, 15) is 5.11 Å². The van der Waals surface area contributed by atoms with Gasteiger partial charge in [-0.05, 0) is 79.1 Å². The van der Waals surface area contributed by atoms with Crippen LogP contribution in [0.15, 0.2) is 54.7 Å². The molecule has 0 aliphatic carbocycles. The molecule has 2 aromatic heterocycles. The molecule has 4 rings (SSSR count). The molecule has 0 aliphatic rings. The molecule has 130 valence electrons. The van der Waals surface area contributed by atoms with E-state index in [1.165, 1.54) is 0 Å². The molecule has 4 aromatic rings. The lowest BCUT2D eigenvalue weighted by molar-refractivity contribution is 0.467. The predicted molar refractivity (Wildman–Crippen MR) is 104 cm³/mol. The Kier molecular flexibility index (Phi) is 3.73. The van der Waals surface area contributed by atoms with Gasteiger partial charge in [-0.2, -0.15) is 4.98 Å². The summed E-state index contributed by atoms with van der Waals surface area (Å²) in [6.45, 7) is 3.79. The molecule has 0 atom stereocenters. The normalized spacial score (nSPS) is 11.0. The summed E-state index contributed by atoms with van der Waals surface area (Å²) in [7, 11) is 0. The molecular formula is C20H19N5O. The molecule has 0 saturated heterocycles. The van der Waals surface area contributed by atoms with Gasteiger partial charge in [-0.25, -0.2) is 4.52 Å². The van der Waals surface area contributed by atoms with E-state index in [4.69, 9.17) is 5.73 Å². The number of hydrogen-bond acceptors (Lipinski definition) is 5. The molecule has 0 bridgehead atoms. The monoisotopic (exact) mass is 345 g/mol. The summed E-state index contributed by atoms with van der Waals surface area (Å²) in [6.07, 6.45) is 1.93. The van der Waals surface area contributed by atoms with Crippen molar-refractivity contribution in [3.05, 3.63) is 65.9 Å². The van der Waals surface area contributed by atoms with Crippen molar-refractivity contribution < 1.29 is 5.11 Å². The number of nitrogens with zero attached hydrogens (tertiary/aromatic N) is 3. The zero-order chi connectivity index (χ0) is 18.3. The van der Waals surface area contributed by atoms with E-state index < -0.39 is 0 Å². The lowest BCUT2D eigenvalue weighted by Crippen LogP contribution is -1.94. The van der Waals surface area contributed by atoms with Crippen LogP contribution in [0.2, 0.25) is 0 Å². The quantitative estimate of drug-likeness (QED) is 0.488. The molecule has 2 heterocycles. The number of aromatic hydroxyl groups is 1. The Morgan fingerprint density at radius 1 is 0.962 bits per heavy atom. The largest absolute Gasteiger partial charge is 0.507 e. The van der Waals surface area contributed by atoms with Crippen LogP contribution in [0.5, 0.6) is 5.75 Å². The maximum atomic E-state index is 9.97. The van der Waals surface area contributed by atoms with Crippen molar-refractivity contribution in [2.24, 2.45) is 0 Å². The highest BCUT2D eigenvalue weighted by molar-refractivity contribution is 5.68. The second-order valence-corrected chi connectivity index (χ2v) is 6.36. The van der Waals surface area contributed by atoms with Crippen molar-refractivity contribution in [2.75, 3.05) is 11.1 Å². The van der Waals surface area contributed by atoms with Crippen LogP contribution in [-0.4, -0.2) is 19.7 Å². The number of fused-ring (bicyclic) bond motifs is 1. The molecule has 26 heavy (non-hydrogen) atoms. The van der Waals surface area contributed by atoms with Gasteiger partial charge >= 0.3 is 0 Å². The van der Waals surface area contributed by atoms with Gasteiger partial charge in [0.05, 0.1) is 0 Å². The lowest BCUT2D eigenvalue weighted by atomic mass is 10.0. The summed E-state index contributed by atoms with van der Waals surface area (Å²) in [5.74, 6) is 0.857. The molecule has 0 radical (unpaired) electrons. The summed E-state index contributed by atoms with van der Waals surface area (Å²) in [6, 6.07) is 15.3. The number of benzene rings is 2. The van der Waals surface area contributed by atoms with Crippen molar-refractivity contribution >= 4 is 23.0 Å². The average Bonchev–Trinajstić information content (AvgIpc) is 3.02. The van der Waals surface area contributed by atoms with Crippen molar-refractivity contribution in [3.8, 4) is 16.9 Å². The van der Waals surface area contributed by atoms with Crippen LogP contribution in [-0.2, 0) is 0 Å². The minimum atomic E-state index is 0.338. The van der Waals surface area contributed by atoms with E-state index in [-0.39, 0.29) is 0 Å². The highest BCUT2D eigenvalue weighted by Gasteiger charge is 2.09. The Labute approximate surface area is 150 Å². The summed E-state index contributed by atoms with van der Waals surface area (Å²) in [5, 5.41) is 17.6. The molecule has 0 fully saturated rings. The van der Waals surface area contributed by atoms with E-state index in [1.807, 2.05) is 68.6 Å². The number of nitrogens with two attached hydrogens (primary N) is 1.